The van der Waals surface area contributed by atoms with Gasteiger partial charge in [0, 0.05) is 29.7 Å². The molecule has 2 aliphatic heterocycles. The molecule has 1 spiro atoms. The maximum Gasteiger partial charge on any atom is 0.347 e. The van der Waals surface area contributed by atoms with Crippen molar-refractivity contribution in [3.05, 3.63) is 36.3 Å². The normalized spacial score (nSPS) is 43.7. The van der Waals surface area contributed by atoms with E-state index in [1.807, 2.05) is 19.9 Å². The summed E-state index contributed by atoms with van der Waals surface area (Å²) >= 11 is 0. The van der Waals surface area contributed by atoms with E-state index in [2.05, 4.69) is 6.92 Å². The lowest BCUT2D eigenvalue weighted by Crippen LogP contribution is -2.61. The minimum absolute atomic E-state index is 0.0533. The molecular formula is C29H38O9. The number of methoxy groups -OCH3 is 1. The smallest absolute Gasteiger partial charge is 0.347 e. The molecule has 0 amide bonds. The highest BCUT2D eigenvalue weighted by atomic mass is 16.6. The minimum Gasteiger partial charge on any atom is -0.472 e. The van der Waals surface area contributed by atoms with Gasteiger partial charge < -0.3 is 28.5 Å². The molecular weight excluding hydrogens is 492 g/mol. The first-order chi connectivity index (χ1) is 17.7. The van der Waals surface area contributed by atoms with Crippen LogP contribution in [-0.4, -0.2) is 59.1 Å². The number of allylic oxidation sites excluding steroid dienone is 1. The summed E-state index contributed by atoms with van der Waals surface area (Å²) < 4.78 is 28.6. The monoisotopic (exact) mass is 530 g/mol. The zero-order chi connectivity index (χ0) is 27.9. The zero-order valence-electron chi connectivity index (χ0n) is 23.1. The first-order valence-electron chi connectivity index (χ1n) is 13.3. The highest BCUT2D eigenvalue weighted by Gasteiger charge is 2.87. The fourth-order valence-electron chi connectivity index (χ4n) is 9.00. The summed E-state index contributed by atoms with van der Waals surface area (Å²) in [5.41, 5.74) is -3.06. The van der Waals surface area contributed by atoms with Gasteiger partial charge in [0.25, 0.3) is 0 Å². The van der Waals surface area contributed by atoms with E-state index in [1.54, 1.807) is 32.4 Å². The van der Waals surface area contributed by atoms with Crippen LogP contribution in [0.15, 0.2) is 35.2 Å². The van der Waals surface area contributed by atoms with Crippen LogP contribution in [0.5, 0.6) is 0 Å². The van der Waals surface area contributed by atoms with Crippen LogP contribution in [0.3, 0.4) is 0 Å². The van der Waals surface area contributed by atoms with E-state index in [-0.39, 0.29) is 17.3 Å². The molecule has 0 unspecified atom stereocenters. The molecule has 3 fully saturated rings. The summed E-state index contributed by atoms with van der Waals surface area (Å²) in [6.07, 6.45) is 6.47. The predicted molar refractivity (Wildman–Crippen MR) is 134 cm³/mol. The van der Waals surface area contributed by atoms with Gasteiger partial charge in [0.05, 0.1) is 31.7 Å². The fourth-order valence-corrected chi connectivity index (χ4v) is 9.00. The molecule has 1 N–H and O–H groups in total. The number of ether oxygens (including phenoxy) is 4. The van der Waals surface area contributed by atoms with Crippen LogP contribution in [0.4, 0.5) is 0 Å². The van der Waals surface area contributed by atoms with E-state index in [9.17, 15) is 19.5 Å². The van der Waals surface area contributed by atoms with Crippen LogP contribution in [0.25, 0.3) is 0 Å². The molecule has 0 bridgehead atoms. The van der Waals surface area contributed by atoms with Crippen molar-refractivity contribution < 1.29 is 42.9 Å². The second-order valence-corrected chi connectivity index (χ2v) is 12.6. The third-order valence-electron chi connectivity index (χ3n) is 10.3. The fraction of sp³-hybridized carbons (Fsp3) is 0.690. The Morgan fingerprint density at radius 1 is 1.18 bits per heavy atom. The number of hydrogen-bond acceptors (Lipinski definition) is 9. The van der Waals surface area contributed by atoms with Gasteiger partial charge in [0.15, 0.2) is 0 Å². The second-order valence-electron chi connectivity index (χ2n) is 12.6. The molecule has 5 rings (SSSR count). The number of carbonyl (C=O) groups is 3. The van der Waals surface area contributed by atoms with Gasteiger partial charge >= 0.3 is 17.9 Å². The number of hydrogen-bond donors (Lipinski definition) is 1. The lowest BCUT2D eigenvalue weighted by Gasteiger charge is -2.53. The quantitative estimate of drug-likeness (QED) is 0.345. The Morgan fingerprint density at radius 2 is 1.89 bits per heavy atom. The van der Waals surface area contributed by atoms with E-state index >= 15 is 0 Å². The predicted octanol–water partition coefficient (Wildman–Crippen LogP) is 3.69. The summed E-state index contributed by atoms with van der Waals surface area (Å²) in [5.74, 6) is -2.92. The Bertz CT molecular complexity index is 1170. The summed E-state index contributed by atoms with van der Waals surface area (Å²) in [5, 5.41) is 11.5. The third kappa shape index (κ3) is 3.40. The van der Waals surface area contributed by atoms with Crippen molar-refractivity contribution in [1.82, 2.24) is 0 Å². The van der Waals surface area contributed by atoms with Gasteiger partial charge in [-0.3, -0.25) is 4.79 Å². The van der Waals surface area contributed by atoms with Crippen LogP contribution in [0.1, 0.15) is 72.3 Å². The molecule has 208 valence electrons. The standard InChI is InChI=1S/C29H38O9/c1-16(30)36-22(24(33)34-7)23-25(2,3)37-21(32)9-11-26(23,4)19-8-12-27(5)18(17-10-13-35-15-17)14-20(31)29(27)28(19,6)38-29/h9-11,13,15,18-20,22-23,31H,8,12,14H2,1-7H3/t18-,19-,20+,22+,23-,26+,27-,28+,29-/m0/s1. The molecule has 1 aromatic rings. The Morgan fingerprint density at radius 3 is 2.50 bits per heavy atom. The average Bonchev–Trinajstić information content (AvgIpc) is 3.12. The topological polar surface area (TPSA) is 125 Å². The van der Waals surface area contributed by atoms with Crippen molar-refractivity contribution in [1.29, 1.82) is 0 Å². The molecule has 2 aliphatic carbocycles. The lowest BCUT2D eigenvalue weighted by molar-refractivity contribution is -0.193. The van der Waals surface area contributed by atoms with Crippen LogP contribution >= 0.6 is 0 Å². The van der Waals surface area contributed by atoms with Crippen LogP contribution in [0.2, 0.25) is 0 Å². The van der Waals surface area contributed by atoms with E-state index in [1.165, 1.54) is 20.1 Å². The second kappa shape index (κ2) is 8.42. The van der Waals surface area contributed by atoms with Crippen molar-refractivity contribution >= 4 is 17.9 Å². The molecule has 9 heteroatoms. The first-order valence-corrected chi connectivity index (χ1v) is 13.3. The number of esters is 3. The Labute approximate surface area is 222 Å². The van der Waals surface area contributed by atoms with Gasteiger partial charge in [0.2, 0.25) is 6.10 Å². The van der Waals surface area contributed by atoms with Gasteiger partial charge in [-0.2, -0.15) is 0 Å². The van der Waals surface area contributed by atoms with Crippen molar-refractivity contribution in [2.45, 2.75) is 95.7 Å². The summed E-state index contributed by atoms with van der Waals surface area (Å²) in [6.45, 7) is 10.8. The van der Waals surface area contributed by atoms with Gasteiger partial charge in [-0.15, -0.1) is 0 Å². The highest BCUT2D eigenvalue weighted by Crippen LogP contribution is 2.79. The Kier molecular flexibility index (Phi) is 5.97. The third-order valence-corrected chi connectivity index (χ3v) is 10.3. The van der Waals surface area contributed by atoms with Gasteiger partial charge in [0.1, 0.15) is 16.8 Å². The number of rotatable bonds is 5. The molecule has 2 saturated carbocycles. The Hall–Kier alpha value is -2.65. The molecule has 3 heterocycles. The van der Waals surface area contributed by atoms with Crippen molar-refractivity contribution in [2.75, 3.05) is 7.11 Å². The van der Waals surface area contributed by atoms with Crippen LogP contribution in [-0.2, 0) is 33.3 Å². The maximum atomic E-state index is 13.1. The number of furan rings is 1. The molecule has 4 aliphatic rings. The number of aliphatic hydroxyl groups excluding tert-OH is 1. The minimum atomic E-state index is -1.33. The number of carbonyl (C=O) groups excluding carboxylic acids is 3. The summed E-state index contributed by atoms with van der Waals surface area (Å²) in [7, 11) is 1.24. The molecule has 0 aromatic carbocycles. The van der Waals surface area contributed by atoms with Crippen LogP contribution < -0.4 is 0 Å². The number of epoxide rings is 1. The van der Waals surface area contributed by atoms with E-state index in [0.29, 0.717) is 12.8 Å². The van der Waals surface area contributed by atoms with Crippen LogP contribution in [0, 0.1) is 22.7 Å². The number of aliphatic hydroxyl groups is 1. The molecule has 9 nitrogen and oxygen atoms in total. The lowest BCUT2D eigenvalue weighted by atomic mass is 9.49. The largest absolute Gasteiger partial charge is 0.472 e. The van der Waals surface area contributed by atoms with E-state index in [4.69, 9.17) is 23.4 Å². The highest BCUT2D eigenvalue weighted by molar-refractivity contribution is 5.84. The molecule has 9 atom stereocenters. The van der Waals surface area contributed by atoms with Gasteiger partial charge in [-0.05, 0) is 57.6 Å². The van der Waals surface area contributed by atoms with E-state index < -0.39 is 58.3 Å². The Balaban J connectivity index is 1.62. The molecule has 1 saturated heterocycles. The zero-order valence-corrected chi connectivity index (χ0v) is 23.1. The number of cyclic esters (lactones) is 1. The summed E-state index contributed by atoms with van der Waals surface area (Å²) in [4.78, 5) is 38.0. The van der Waals surface area contributed by atoms with E-state index in [0.717, 1.165) is 12.0 Å². The van der Waals surface area contributed by atoms with Gasteiger partial charge in [-0.25, -0.2) is 9.59 Å². The van der Waals surface area contributed by atoms with Crippen molar-refractivity contribution in [2.24, 2.45) is 22.7 Å². The van der Waals surface area contributed by atoms with Crippen molar-refractivity contribution in [3.63, 3.8) is 0 Å². The first kappa shape index (κ1) is 26.9. The maximum absolute atomic E-state index is 13.1. The summed E-state index contributed by atoms with van der Waals surface area (Å²) in [6, 6.07) is 1.95. The molecule has 0 radical (unpaired) electrons. The molecule has 38 heavy (non-hydrogen) atoms. The van der Waals surface area contributed by atoms with Gasteiger partial charge in [-0.1, -0.05) is 19.9 Å². The average molecular weight is 531 g/mol. The van der Waals surface area contributed by atoms with Crippen molar-refractivity contribution in [3.8, 4) is 0 Å². The molecule has 1 aromatic heterocycles. The SMILES string of the molecule is COC(=O)[C@H](OC(C)=O)[C@H]1C(C)(C)OC(=O)C=C[C@]1(C)[C@@H]1CC[C@@]2(C)[C@H](c3ccoc3)C[C@@H](O)[C@]23O[C@]13C.